The molecule has 0 aliphatic carbocycles. The molecule has 1 aromatic rings. The molecule has 5 heteroatoms. The molecule has 0 fully saturated rings. The predicted octanol–water partition coefficient (Wildman–Crippen LogP) is 3.18. The van der Waals surface area contributed by atoms with Gasteiger partial charge in [0.15, 0.2) is 0 Å². The molecule has 0 saturated carbocycles. The van der Waals surface area contributed by atoms with Gasteiger partial charge < -0.3 is 13.3 Å². The van der Waals surface area contributed by atoms with Crippen molar-refractivity contribution in [1.82, 2.24) is 0 Å². The van der Waals surface area contributed by atoms with Crippen molar-refractivity contribution in [3.63, 3.8) is 0 Å². The predicted molar refractivity (Wildman–Crippen MR) is 81.2 cm³/mol. The van der Waals surface area contributed by atoms with Gasteiger partial charge in [-0.25, -0.2) is 0 Å². The zero-order valence-electron chi connectivity index (χ0n) is 11.7. The lowest BCUT2D eigenvalue weighted by Gasteiger charge is -2.23. The maximum Gasteiger partial charge on any atom is 0.500 e. The normalized spacial score (nSPS) is 10.7. The van der Waals surface area contributed by atoms with Crippen molar-refractivity contribution >= 4 is 21.4 Å². The summed E-state index contributed by atoms with van der Waals surface area (Å²) in [5, 5.41) is 0. The first kappa shape index (κ1) is 17.7. The third-order valence-corrected chi connectivity index (χ3v) is 5.66. The van der Waals surface area contributed by atoms with Crippen LogP contribution in [0.25, 0.3) is 0 Å². The fraction of sp³-hybridized carbons (Fsp3) is 0.538. The Kier molecular flexibility index (Phi) is 10.4. The zero-order valence-corrected chi connectivity index (χ0v) is 13.6. The maximum atomic E-state index is 5.20. The highest BCUT2D eigenvalue weighted by Crippen LogP contribution is 2.14. The molecule has 0 saturated heterocycles. The average Bonchev–Trinajstić information content (AvgIpc) is 2.43. The SMILES string of the molecule is CO[Si](CCCS)(OC)OC.Cc1ccccc1. The summed E-state index contributed by atoms with van der Waals surface area (Å²) in [5.41, 5.74) is 1.32. The smallest absolute Gasteiger partial charge is 0.377 e. The monoisotopic (exact) mass is 288 g/mol. The summed E-state index contributed by atoms with van der Waals surface area (Å²) in [7, 11) is 2.58. The van der Waals surface area contributed by atoms with Gasteiger partial charge in [0, 0.05) is 27.4 Å². The minimum absolute atomic E-state index is 0.833. The molecule has 104 valence electrons. The summed E-state index contributed by atoms with van der Waals surface area (Å²) in [5.74, 6) is 0.838. The first-order chi connectivity index (χ1) is 8.64. The van der Waals surface area contributed by atoms with Gasteiger partial charge in [0.1, 0.15) is 0 Å². The van der Waals surface area contributed by atoms with Crippen LogP contribution in [0.2, 0.25) is 6.04 Å². The van der Waals surface area contributed by atoms with Crippen molar-refractivity contribution in [2.24, 2.45) is 0 Å². The van der Waals surface area contributed by atoms with Crippen molar-refractivity contribution in [2.75, 3.05) is 27.1 Å². The molecule has 0 aliphatic rings. The van der Waals surface area contributed by atoms with Crippen LogP contribution in [0.1, 0.15) is 12.0 Å². The van der Waals surface area contributed by atoms with Crippen LogP contribution >= 0.6 is 12.6 Å². The van der Waals surface area contributed by atoms with Gasteiger partial charge in [-0.05, 0) is 19.1 Å². The van der Waals surface area contributed by atoms with E-state index in [1.54, 1.807) is 21.3 Å². The molecule has 0 heterocycles. The molecule has 0 atom stereocenters. The molecular weight excluding hydrogens is 264 g/mol. The Morgan fingerprint density at radius 1 is 1.00 bits per heavy atom. The van der Waals surface area contributed by atoms with E-state index in [4.69, 9.17) is 13.3 Å². The van der Waals surface area contributed by atoms with Gasteiger partial charge in [-0.15, -0.1) is 0 Å². The molecule has 0 radical (unpaired) electrons. The number of hydrogen-bond acceptors (Lipinski definition) is 4. The van der Waals surface area contributed by atoms with Gasteiger partial charge in [0.25, 0.3) is 0 Å². The van der Waals surface area contributed by atoms with E-state index in [1.165, 1.54) is 5.56 Å². The lowest BCUT2D eigenvalue weighted by atomic mass is 10.2. The Morgan fingerprint density at radius 2 is 1.50 bits per heavy atom. The summed E-state index contributed by atoms with van der Waals surface area (Å²) < 4.78 is 15.6. The quantitative estimate of drug-likeness (QED) is 0.643. The molecule has 3 nitrogen and oxygen atoms in total. The van der Waals surface area contributed by atoms with Crippen LogP contribution in [-0.4, -0.2) is 35.9 Å². The van der Waals surface area contributed by atoms with Crippen molar-refractivity contribution < 1.29 is 13.3 Å². The van der Waals surface area contributed by atoms with Crippen LogP contribution in [0.15, 0.2) is 30.3 Å². The summed E-state index contributed by atoms with van der Waals surface area (Å²) in [6.07, 6.45) is 0.963. The molecule has 0 bridgehead atoms. The summed E-state index contributed by atoms with van der Waals surface area (Å²) in [4.78, 5) is 0. The lowest BCUT2D eigenvalue weighted by Crippen LogP contribution is -2.42. The van der Waals surface area contributed by atoms with Crippen LogP contribution in [0.5, 0.6) is 0 Å². The Bertz CT molecular complexity index is 283. The highest BCUT2D eigenvalue weighted by Gasteiger charge is 2.36. The van der Waals surface area contributed by atoms with Crippen molar-refractivity contribution in [1.29, 1.82) is 0 Å². The third-order valence-electron chi connectivity index (χ3n) is 2.51. The molecule has 0 aliphatic heterocycles. The van der Waals surface area contributed by atoms with Gasteiger partial charge in [0.2, 0.25) is 0 Å². The van der Waals surface area contributed by atoms with Crippen LogP contribution < -0.4 is 0 Å². The van der Waals surface area contributed by atoms with Gasteiger partial charge in [-0.1, -0.05) is 35.9 Å². The average molecular weight is 288 g/mol. The second-order valence-electron chi connectivity index (χ2n) is 3.78. The first-order valence-corrected chi connectivity index (χ1v) is 8.48. The summed E-state index contributed by atoms with van der Waals surface area (Å²) >= 11 is 4.10. The fourth-order valence-corrected chi connectivity index (χ4v) is 3.56. The third kappa shape index (κ3) is 7.18. The van der Waals surface area contributed by atoms with Crippen LogP contribution in [0.3, 0.4) is 0 Å². The van der Waals surface area contributed by atoms with Gasteiger partial charge in [-0.3, -0.25) is 0 Å². The number of hydrogen-bond donors (Lipinski definition) is 1. The van der Waals surface area contributed by atoms with Crippen molar-refractivity contribution in [3.05, 3.63) is 35.9 Å². The van der Waals surface area contributed by atoms with E-state index in [-0.39, 0.29) is 0 Å². The Hall–Kier alpha value is -0.333. The first-order valence-electron chi connectivity index (χ1n) is 5.92. The number of aryl methyl sites for hydroxylation is 1. The molecule has 1 rings (SSSR count). The molecular formula is C13H24O3SSi. The van der Waals surface area contributed by atoms with Gasteiger partial charge >= 0.3 is 8.80 Å². The van der Waals surface area contributed by atoms with Crippen LogP contribution in [0.4, 0.5) is 0 Å². The van der Waals surface area contributed by atoms with Gasteiger partial charge in [-0.2, -0.15) is 12.6 Å². The largest absolute Gasteiger partial charge is 0.500 e. The molecule has 18 heavy (non-hydrogen) atoms. The van der Waals surface area contributed by atoms with E-state index in [2.05, 4.69) is 31.7 Å². The van der Waals surface area contributed by atoms with Crippen molar-refractivity contribution in [3.8, 4) is 0 Å². The number of rotatable bonds is 6. The standard InChI is InChI=1S/C7H8.C6H16O3SSi/c1-7-5-3-2-4-6-7;1-7-11(8-2,9-3)6-4-5-10/h2-6H,1H3;10H,4-6H2,1-3H3. The maximum absolute atomic E-state index is 5.20. The van der Waals surface area contributed by atoms with E-state index in [0.29, 0.717) is 0 Å². The highest BCUT2D eigenvalue weighted by molar-refractivity contribution is 7.80. The molecule has 0 unspecified atom stereocenters. The summed E-state index contributed by atoms with van der Waals surface area (Å²) in [6.45, 7) is 2.08. The minimum Gasteiger partial charge on any atom is -0.377 e. The fourth-order valence-electron chi connectivity index (χ4n) is 1.39. The Morgan fingerprint density at radius 3 is 1.78 bits per heavy atom. The van der Waals surface area contributed by atoms with E-state index in [0.717, 1.165) is 18.2 Å². The van der Waals surface area contributed by atoms with E-state index in [1.807, 2.05) is 18.2 Å². The number of thiol groups is 1. The molecule has 0 N–H and O–H groups in total. The van der Waals surface area contributed by atoms with Crippen LogP contribution in [-0.2, 0) is 13.3 Å². The topological polar surface area (TPSA) is 27.7 Å². The zero-order chi connectivity index (χ0) is 13.9. The van der Waals surface area contributed by atoms with Crippen LogP contribution in [0, 0.1) is 6.92 Å². The number of benzene rings is 1. The molecule has 0 amide bonds. The summed E-state index contributed by atoms with van der Waals surface area (Å²) in [6, 6.07) is 11.1. The minimum atomic E-state index is -2.29. The highest BCUT2D eigenvalue weighted by atomic mass is 32.1. The Balaban J connectivity index is 0.000000351. The van der Waals surface area contributed by atoms with E-state index >= 15 is 0 Å². The second-order valence-corrected chi connectivity index (χ2v) is 7.32. The molecule has 0 spiro atoms. The Labute approximate surface area is 117 Å². The molecule has 1 aromatic carbocycles. The second kappa shape index (κ2) is 10.6. The van der Waals surface area contributed by atoms with E-state index in [9.17, 15) is 0 Å². The van der Waals surface area contributed by atoms with E-state index < -0.39 is 8.80 Å². The molecule has 0 aromatic heterocycles. The van der Waals surface area contributed by atoms with Crippen molar-refractivity contribution in [2.45, 2.75) is 19.4 Å². The lowest BCUT2D eigenvalue weighted by molar-refractivity contribution is 0.123. The van der Waals surface area contributed by atoms with Gasteiger partial charge in [0.05, 0.1) is 0 Å².